The summed E-state index contributed by atoms with van der Waals surface area (Å²) in [4.78, 5) is 0. The zero-order chi connectivity index (χ0) is 24.6. The van der Waals surface area contributed by atoms with E-state index in [2.05, 4.69) is 53.7 Å². The number of aliphatic hydroxyl groups is 2. The summed E-state index contributed by atoms with van der Waals surface area (Å²) in [6.07, 6.45) is 11.4. The van der Waals surface area contributed by atoms with Crippen LogP contribution in [0, 0.1) is 45.8 Å². The third-order valence-corrected chi connectivity index (χ3v) is 11.6. The Morgan fingerprint density at radius 2 is 1.76 bits per heavy atom. The van der Waals surface area contributed by atoms with Crippen LogP contribution in [-0.2, 0) is 9.47 Å². The average Bonchev–Trinajstić information content (AvgIpc) is 3.32. The van der Waals surface area contributed by atoms with Gasteiger partial charge in [-0.05, 0) is 86.9 Å². The summed E-state index contributed by atoms with van der Waals surface area (Å²) in [5, 5.41) is 22.2. The van der Waals surface area contributed by atoms with Crippen molar-refractivity contribution in [3.05, 3.63) is 23.3 Å². The Bertz CT molecular complexity index is 856. The van der Waals surface area contributed by atoms with Crippen LogP contribution >= 0.6 is 0 Å². The van der Waals surface area contributed by atoms with Gasteiger partial charge in [0, 0.05) is 24.9 Å². The van der Waals surface area contributed by atoms with Gasteiger partial charge in [0.15, 0.2) is 6.29 Å². The molecule has 192 valence electrons. The lowest BCUT2D eigenvalue weighted by Crippen LogP contribution is -2.62. The van der Waals surface area contributed by atoms with Gasteiger partial charge in [-0.25, -0.2) is 0 Å². The van der Waals surface area contributed by atoms with Crippen molar-refractivity contribution in [2.75, 3.05) is 7.11 Å². The van der Waals surface area contributed by atoms with Crippen LogP contribution in [-0.4, -0.2) is 41.9 Å². The van der Waals surface area contributed by atoms with Crippen LogP contribution in [0.4, 0.5) is 0 Å². The molecule has 11 atom stereocenters. The molecule has 5 aliphatic rings. The first kappa shape index (κ1) is 25.0. The van der Waals surface area contributed by atoms with Crippen LogP contribution in [0.3, 0.4) is 0 Å². The minimum Gasteiger partial charge on any atom is -0.392 e. The predicted molar refractivity (Wildman–Crippen MR) is 135 cm³/mol. The molecule has 1 aliphatic heterocycles. The largest absolute Gasteiger partial charge is 0.392 e. The first-order chi connectivity index (χ1) is 15.9. The number of hydrogen-bond donors (Lipinski definition) is 2. The topological polar surface area (TPSA) is 58.9 Å². The summed E-state index contributed by atoms with van der Waals surface area (Å²) in [5.74, 6) is 2.48. The molecule has 1 heterocycles. The molecule has 0 radical (unpaired) electrons. The van der Waals surface area contributed by atoms with Gasteiger partial charge in [0.05, 0.1) is 18.3 Å². The minimum atomic E-state index is -0.433. The van der Waals surface area contributed by atoms with E-state index in [0.29, 0.717) is 36.0 Å². The van der Waals surface area contributed by atoms with Gasteiger partial charge in [0.2, 0.25) is 0 Å². The molecule has 0 aromatic rings. The average molecular weight is 473 g/mol. The smallest absolute Gasteiger partial charge is 0.161 e. The van der Waals surface area contributed by atoms with Crippen molar-refractivity contribution >= 4 is 0 Å². The Labute approximate surface area is 207 Å². The van der Waals surface area contributed by atoms with Crippen LogP contribution in [0.1, 0.15) is 86.5 Å². The monoisotopic (exact) mass is 472 g/mol. The molecule has 0 aromatic heterocycles. The fourth-order valence-corrected chi connectivity index (χ4v) is 9.76. The number of hydrogen-bond acceptors (Lipinski definition) is 4. The summed E-state index contributed by atoms with van der Waals surface area (Å²) >= 11 is 0. The third-order valence-electron chi connectivity index (χ3n) is 11.6. The summed E-state index contributed by atoms with van der Waals surface area (Å²) in [5.41, 5.74) is 2.82. The Morgan fingerprint density at radius 3 is 2.44 bits per heavy atom. The van der Waals surface area contributed by atoms with Gasteiger partial charge in [-0.1, -0.05) is 51.0 Å². The number of rotatable bonds is 3. The van der Waals surface area contributed by atoms with E-state index in [0.717, 1.165) is 19.3 Å². The molecule has 4 aliphatic carbocycles. The zero-order valence-corrected chi connectivity index (χ0v) is 22.5. The summed E-state index contributed by atoms with van der Waals surface area (Å²) < 4.78 is 12.2. The maximum absolute atomic E-state index is 11.4. The number of fused-ring (bicyclic) bond motifs is 5. The van der Waals surface area contributed by atoms with Crippen LogP contribution in [0.2, 0.25) is 0 Å². The van der Waals surface area contributed by atoms with Gasteiger partial charge in [0.1, 0.15) is 0 Å². The molecule has 34 heavy (non-hydrogen) atoms. The molecule has 1 saturated heterocycles. The van der Waals surface area contributed by atoms with E-state index in [1.807, 2.05) is 0 Å². The van der Waals surface area contributed by atoms with Gasteiger partial charge in [0.25, 0.3) is 0 Å². The van der Waals surface area contributed by atoms with Crippen LogP contribution in [0.5, 0.6) is 0 Å². The first-order valence-corrected chi connectivity index (χ1v) is 13.8. The SMILES string of the molecule is COC1OC(C=C(C)C)CC1C1CCC2(C)C3=CCC4C(C)(C)C(O)CC(O)C4(C)C3CCC12. The van der Waals surface area contributed by atoms with E-state index < -0.39 is 12.2 Å². The Balaban J connectivity index is 1.44. The summed E-state index contributed by atoms with van der Waals surface area (Å²) in [6.45, 7) is 13.6. The van der Waals surface area contributed by atoms with Crippen molar-refractivity contribution in [1.82, 2.24) is 0 Å². The highest BCUT2D eigenvalue weighted by Crippen LogP contribution is 2.69. The van der Waals surface area contributed by atoms with Crippen LogP contribution in [0.15, 0.2) is 23.3 Å². The van der Waals surface area contributed by atoms with E-state index in [1.165, 1.54) is 24.8 Å². The van der Waals surface area contributed by atoms with Gasteiger partial charge < -0.3 is 19.7 Å². The molecule has 0 amide bonds. The van der Waals surface area contributed by atoms with Crippen molar-refractivity contribution in [3.8, 4) is 0 Å². The molecular formula is C30H48O4. The lowest BCUT2D eigenvalue weighted by molar-refractivity contribution is -0.186. The molecule has 4 nitrogen and oxygen atoms in total. The van der Waals surface area contributed by atoms with E-state index in [1.54, 1.807) is 12.7 Å². The number of methoxy groups -OCH3 is 1. The predicted octanol–water partition coefficient (Wildman–Crippen LogP) is 5.88. The molecule has 11 unspecified atom stereocenters. The van der Waals surface area contributed by atoms with Crippen molar-refractivity contribution in [2.45, 2.75) is 111 Å². The van der Waals surface area contributed by atoms with Crippen molar-refractivity contribution in [3.63, 3.8) is 0 Å². The number of ether oxygens (including phenoxy) is 2. The standard InChI is InChI=1S/C30H48O4/c1-17(2)14-18-15-20(27(33-7)34-18)19-12-13-29(5)21(19)8-9-23-22(29)10-11-24-28(3,4)25(31)16-26(32)30(23,24)6/h10,14,18-21,23-27,31-32H,8-9,11-13,15-16H2,1-7H3. The number of allylic oxidation sites excluding steroid dienone is 3. The fraction of sp³-hybridized carbons (Fsp3) is 0.867. The first-order valence-electron chi connectivity index (χ1n) is 13.8. The maximum atomic E-state index is 11.4. The van der Waals surface area contributed by atoms with E-state index in [-0.39, 0.29) is 28.6 Å². The molecule has 5 rings (SSSR count). The van der Waals surface area contributed by atoms with Gasteiger partial charge >= 0.3 is 0 Å². The Morgan fingerprint density at radius 1 is 1.03 bits per heavy atom. The second kappa shape index (κ2) is 8.43. The molecule has 4 fully saturated rings. The molecule has 2 N–H and O–H groups in total. The highest BCUT2D eigenvalue weighted by molar-refractivity contribution is 5.32. The summed E-state index contributed by atoms with van der Waals surface area (Å²) in [7, 11) is 1.80. The fourth-order valence-electron chi connectivity index (χ4n) is 9.76. The number of aliphatic hydroxyl groups excluding tert-OH is 2. The normalized spacial score (nSPS) is 51.8. The quantitative estimate of drug-likeness (QED) is 0.504. The lowest BCUT2D eigenvalue weighted by atomic mass is 9.42. The van der Waals surface area contributed by atoms with E-state index in [9.17, 15) is 10.2 Å². The molecule has 0 spiro atoms. The van der Waals surface area contributed by atoms with Crippen molar-refractivity contribution < 1.29 is 19.7 Å². The zero-order valence-electron chi connectivity index (χ0n) is 22.5. The van der Waals surface area contributed by atoms with Gasteiger partial charge in [-0.15, -0.1) is 0 Å². The second-order valence-corrected chi connectivity index (χ2v) is 13.7. The van der Waals surface area contributed by atoms with Crippen molar-refractivity contribution in [1.29, 1.82) is 0 Å². The van der Waals surface area contributed by atoms with Crippen LogP contribution < -0.4 is 0 Å². The Hall–Kier alpha value is -0.680. The Kier molecular flexibility index (Phi) is 6.20. The molecule has 0 aromatic carbocycles. The van der Waals surface area contributed by atoms with Gasteiger partial charge in [-0.3, -0.25) is 0 Å². The van der Waals surface area contributed by atoms with Crippen molar-refractivity contribution in [2.24, 2.45) is 45.8 Å². The molecule has 0 bridgehead atoms. The minimum absolute atomic E-state index is 0.102. The van der Waals surface area contributed by atoms with E-state index >= 15 is 0 Å². The summed E-state index contributed by atoms with van der Waals surface area (Å²) in [6, 6.07) is 0. The second-order valence-electron chi connectivity index (χ2n) is 13.7. The third kappa shape index (κ3) is 3.45. The molecule has 4 heteroatoms. The van der Waals surface area contributed by atoms with E-state index in [4.69, 9.17) is 9.47 Å². The highest BCUT2D eigenvalue weighted by atomic mass is 16.7. The maximum Gasteiger partial charge on any atom is 0.161 e. The highest BCUT2D eigenvalue weighted by Gasteiger charge is 2.64. The van der Waals surface area contributed by atoms with Gasteiger partial charge in [-0.2, -0.15) is 0 Å². The van der Waals surface area contributed by atoms with Crippen LogP contribution in [0.25, 0.3) is 0 Å². The molecule has 3 saturated carbocycles. The lowest BCUT2D eigenvalue weighted by Gasteiger charge is -2.63. The molecular weight excluding hydrogens is 424 g/mol.